The van der Waals surface area contributed by atoms with Crippen LogP contribution in [0.15, 0.2) is 42.5 Å². The van der Waals surface area contributed by atoms with Crippen LogP contribution in [0.1, 0.15) is 20.8 Å². The summed E-state index contributed by atoms with van der Waals surface area (Å²) in [5.74, 6) is -1.55. The first-order valence-corrected chi connectivity index (χ1v) is 9.58. The summed E-state index contributed by atoms with van der Waals surface area (Å²) < 4.78 is 2.26. The molecule has 0 bridgehead atoms. The van der Waals surface area contributed by atoms with E-state index in [0.717, 1.165) is 28.5 Å². The summed E-state index contributed by atoms with van der Waals surface area (Å²) in [5.41, 5.74) is 3.06. The van der Waals surface area contributed by atoms with Crippen LogP contribution in [0.4, 0.5) is 5.69 Å². The zero-order chi connectivity index (χ0) is 20.4. The number of carboxylic acids is 1. The quantitative estimate of drug-likeness (QED) is 0.653. The molecule has 6 nitrogen and oxygen atoms in total. The van der Waals surface area contributed by atoms with Gasteiger partial charge in [0.2, 0.25) is 5.91 Å². The number of fused-ring (bicyclic) bond motifs is 3. The number of hydrogen-bond donors (Lipinski definition) is 2. The van der Waals surface area contributed by atoms with E-state index in [2.05, 4.69) is 28.9 Å². The molecule has 148 valence electrons. The molecule has 0 aliphatic heterocycles. The lowest BCUT2D eigenvalue weighted by molar-refractivity contribution is -0.142. The van der Waals surface area contributed by atoms with Gasteiger partial charge >= 0.3 is 5.97 Å². The second kappa shape index (κ2) is 8.02. The van der Waals surface area contributed by atoms with Crippen LogP contribution < -0.4 is 5.32 Å². The molecule has 0 radical (unpaired) electrons. The third-order valence-corrected chi connectivity index (χ3v) is 5.38. The molecule has 1 heterocycles. The predicted octanol–water partition coefficient (Wildman–Crippen LogP) is 3.79. The Morgan fingerprint density at radius 1 is 1.11 bits per heavy atom. The Bertz CT molecular complexity index is 1020. The molecule has 0 saturated carbocycles. The number of likely N-dealkylation sites (N-methyl/N-ethyl adjacent to an activating group) is 1. The molecule has 2 atom stereocenters. The van der Waals surface area contributed by atoms with Gasteiger partial charge in [-0.15, -0.1) is 0 Å². The number of rotatable bonds is 7. The fourth-order valence-electron chi connectivity index (χ4n) is 3.59. The van der Waals surface area contributed by atoms with Crippen LogP contribution in [0, 0.1) is 5.92 Å². The van der Waals surface area contributed by atoms with E-state index in [9.17, 15) is 9.59 Å². The van der Waals surface area contributed by atoms with Crippen molar-refractivity contribution in [1.29, 1.82) is 0 Å². The summed E-state index contributed by atoms with van der Waals surface area (Å²) in [6.07, 6.45) is 0. The van der Waals surface area contributed by atoms with Crippen LogP contribution >= 0.6 is 0 Å². The second-order valence-electron chi connectivity index (χ2n) is 7.34. The van der Waals surface area contributed by atoms with Crippen LogP contribution in [0.5, 0.6) is 0 Å². The first kappa shape index (κ1) is 19.9. The largest absolute Gasteiger partial charge is 0.481 e. The predicted molar refractivity (Wildman–Crippen MR) is 113 cm³/mol. The fraction of sp³-hybridized carbons (Fsp3) is 0.364. The van der Waals surface area contributed by atoms with E-state index in [4.69, 9.17) is 5.11 Å². The third kappa shape index (κ3) is 3.73. The van der Waals surface area contributed by atoms with Gasteiger partial charge in [-0.2, -0.15) is 0 Å². The minimum absolute atomic E-state index is 0.154. The van der Waals surface area contributed by atoms with Gasteiger partial charge in [0.1, 0.15) is 0 Å². The molecule has 3 rings (SSSR count). The number of benzene rings is 2. The Morgan fingerprint density at radius 2 is 1.79 bits per heavy atom. The SMILES string of the molecule is CCn1c2ccccc2c2cc(NC(=O)C(C)N(C)CC(C)C(=O)O)ccc21. The van der Waals surface area contributed by atoms with Crippen LogP contribution in [-0.4, -0.2) is 46.1 Å². The van der Waals surface area contributed by atoms with E-state index in [1.807, 2.05) is 30.3 Å². The summed E-state index contributed by atoms with van der Waals surface area (Å²) in [6.45, 7) is 6.73. The summed E-state index contributed by atoms with van der Waals surface area (Å²) in [5, 5.41) is 14.3. The Balaban J connectivity index is 1.83. The molecule has 2 aromatic carbocycles. The van der Waals surface area contributed by atoms with Crippen molar-refractivity contribution >= 4 is 39.4 Å². The molecule has 0 saturated heterocycles. The molecular weight excluding hydrogens is 354 g/mol. The van der Waals surface area contributed by atoms with Gasteiger partial charge in [-0.05, 0) is 45.2 Å². The number of aromatic nitrogens is 1. The highest BCUT2D eigenvalue weighted by molar-refractivity contribution is 6.10. The Labute approximate surface area is 164 Å². The van der Waals surface area contributed by atoms with Gasteiger partial charge in [0.15, 0.2) is 0 Å². The van der Waals surface area contributed by atoms with Crippen LogP contribution in [0.25, 0.3) is 21.8 Å². The molecule has 3 aromatic rings. The Morgan fingerprint density at radius 3 is 2.46 bits per heavy atom. The topological polar surface area (TPSA) is 74.6 Å². The lowest BCUT2D eigenvalue weighted by atomic mass is 10.1. The van der Waals surface area contributed by atoms with Gasteiger partial charge in [-0.1, -0.05) is 25.1 Å². The number of nitrogens with zero attached hydrogens (tertiary/aromatic N) is 2. The number of carbonyl (C=O) groups is 2. The van der Waals surface area contributed by atoms with Crippen molar-refractivity contribution in [2.24, 2.45) is 5.92 Å². The number of hydrogen-bond acceptors (Lipinski definition) is 3. The van der Waals surface area contributed by atoms with Crippen molar-refractivity contribution in [3.8, 4) is 0 Å². The monoisotopic (exact) mass is 381 g/mol. The number of aryl methyl sites for hydroxylation is 1. The van der Waals surface area contributed by atoms with Crippen molar-refractivity contribution in [3.05, 3.63) is 42.5 Å². The molecule has 28 heavy (non-hydrogen) atoms. The number of carbonyl (C=O) groups excluding carboxylic acids is 1. The van der Waals surface area contributed by atoms with Gasteiger partial charge in [0, 0.05) is 40.6 Å². The molecule has 0 aliphatic carbocycles. The van der Waals surface area contributed by atoms with Crippen LogP contribution in [0.2, 0.25) is 0 Å². The van der Waals surface area contributed by atoms with E-state index in [1.54, 1.807) is 25.8 Å². The minimum atomic E-state index is -0.864. The van der Waals surface area contributed by atoms with E-state index >= 15 is 0 Å². The van der Waals surface area contributed by atoms with Crippen molar-refractivity contribution < 1.29 is 14.7 Å². The van der Waals surface area contributed by atoms with Gasteiger partial charge in [-0.3, -0.25) is 14.5 Å². The molecule has 0 spiro atoms. The summed E-state index contributed by atoms with van der Waals surface area (Å²) in [6, 6.07) is 13.8. The summed E-state index contributed by atoms with van der Waals surface area (Å²) in [7, 11) is 1.77. The van der Waals surface area contributed by atoms with E-state index in [1.165, 1.54) is 5.52 Å². The number of carboxylic acid groups (broad SMARTS) is 1. The second-order valence-corrected chi connectivity index (χ2v) is 7.34. The molecule has 2 N–H and O–H groups in total. The highest BCUT2D eigenvalue weighted by Crippen LogP contribution is 2.31. The van der Waals surface area contributed by atoms with E-state index < -0.39 is 17.9 Å². The molecule has 6 heteroatoms. The molecular formula is C22H27N3O3. The molecule has 0 fully saturated rings. The van der Waals surface area contributed by atoms with Gasteiger partial charge in [0.05, 0.1) is 12.0 Å². The zero-order valence-electron chi connectivity index (χ0n) is 16.8. The number of nitrogens with one attached hydrogen (secondary N) is 1. The van der Waals surface area contributed by atoms with E-state index in [-0.39, 0.29) is 5.91 Å². The molecule has 2 unspecified atom stereocenters. The van der Waals surface area contributed by atoms with Crippen molar-refractivity contribution in [2.45, 2.75) is 33.4 Å². The van der Waals surface area contributed by atoms with Crippen molar-refractivity contribution in [1.82, 2.24) is 9.47 Å². The van der Waals surface area contributed by atoms with Crippen molar-refractivity contribution in [3.63, 3.8) is 0 Å². The first-order chi connectivity index (χ1) is 13.3. The number of amides is 1. The average Bonchev–Trinajstić information content (AvgIpc) is 3.00. The standard InChI is InChI=1S/C22H27N3O3/c1-5-25-19-9-7-6-8-17(19)18-12-16(10-11-20(18)25)23-21(26)15(3)24(4)13-14(2)22(27)28/h6-12,14-15H,5,13H2,1-4H3,(H,23,26)(H,27,28). The number of para-hydroxylation sites is 1. The van der Waals surface area contributed by atoms with Crippen LogP contribution in [0.3, 0.4) is 0 Å². The van der Waals surface area contributed by atoms with Crippen molar-refractivity contribution in [2.75, 3.05) is 18.9 Å². The maximum Gasteiger partial charge on any atom is 0.307 e. The maximum absolute atomic E-state index is 12.7. The lowest BCUT2D eigenvalue weighted by Crippen LogP contribution is -2.42. The maximum atomic E-state index is 12.7. The van der Waals surface area contributed by atoms with Gasteiger partial charge in [-0.25, -0.2) is 0 Å². The van der Waals surface area contributed by atoms with E-state index in [0.29, 0.717) is 6.54 Å². The highest BCUT2D eigenvalue weighted by atomic mass is 16.4. The van der Waals surface area contributed by atoms with Gasteiger partial charge in [0.25, 0.3) is 0 Å². The Kier molecular flexibility index (Phi) is 5.70. The highest BCUT2D eigenvalue weighted by Gasteiger charge is 2.22. The lowest BCUT2D eigenvalue weighted by Gasteiger charge is -2.25. The Hall–Kier alpha value is -2.86. The zero-order valence-corrected chi connectivity index (χ0v) is 16.8. The first-order valence-electron chi connectivity index (χ1n) is 9.58. The van der Waals surface area contributed by atoms with Gasteiger partial charge < -0.3 is 15.0 Å². The fourth-order valence-corrected chi connectivity index (χ4v) is 3.59. The summed E-state index contributed by atoms with van der Waals surface area (Å²) >= 11 is 0. The minimum Gasteiger partial charge on any atom is -0.481 e. The molecule has 1 aromatic heterocycles. The normalized spacial score (nSPS) is 13.8. The average molecular weight is 381 g/mol. The smallest absolute Gasteiger partial charge is 0.307 e. The summed E-state index contributed by atoms with van der Waals surface area (Å²) in [4.78, 5) is 25.5. The third-order valence-electron chi connectivity index (χ3n) is 5.38. The number of anilines is 1. The number of aliphatic carboxylic acids is 1. The molecule has 0 aliphatic rings. The molecule has 1 amide bonds. The van der Waals surface area contributed by atoms with Crippen LogP contribution in [-0.2, 0) is 16.1 Å².